The molecule has 0 spiro atoms. The quantitative estimate of drug-likeness (QED) is 0.570. The predicted octanol–water partition coefficient (Wildman–Crippen LogP) is 2.26. The topological polar surface area (TPSA) is 23.6 Å². The van der Waals surface area contributed by atoms with E-state index in [0.29, 0.717) is 32.6 Å². The lowest BCUT2D eigenvalue weighted by Crippen LogP contribution is -2.50. The van der Waals surface area contributed by atoms with Gasteiger partial charge in [0.05, 0.1) is 6.54 Å². The molecule has 0 unspecified atom stereocenters. The molecule has 1 aliphatic heterocycles. The number of unbranched alkanes of at least 4 members (excludes halogenated alkanes) is 1. The Bertz CT molecular complexity index is 266. The number of halogens is 4. The molecule has 0 atom stereocenters. The van der Waals surface area contributed by atoms with Gasteiger partial charge in [-0.05, 0) is 12.8 Å². The Morgan fingerprint density at radius 3 is 2.22 bits per heavy atom. The highest BCUT2D eigenvalue weighted by Gasteiger charge is 2.32. The van der Waals surface area contributed by atoms with Crippen LogP contribution in [0.15, 0.2) is 0 Å². The van der Waals surface area contributed by atoms with Crippen LogP contribution in [0.5, 0.6) is 0 Å². The molecule has 1 aliphatic rings. The fourth-order valence-electron chi connectivity index (χ4n) is 1.94. The zero-order chi connectivity index (χ0) is 13.6. The van der Waals surface area contributed by atoms with Gasteiger partial charge in [-0.25, -0.2) is 0 Å². The zero-order valence-corrected chi connectivity index (χ0v) is 11.8. The third-order valence-corrected chi connectivity index (χ3v) is 3.46. The van der Waals surface area contributed by atoms with Crippen molar-refractivity contribution in [3.05, 3.63) is 0 Å². The van der Waals surface area contributed by atoms with Gasteiger partial charge in [-0.1, -0.05) is 15.9 Å². The van der Waals surface area contributed by atoms with E-state index in [4.69, 9.17) is 0 Å². The number of nitrogens with zero attached hydrogens (tertiary/aromatic N) is 2. The minimum absolute atomic E-state index is 0.0580. The molecule has 0 aromatic heterocycles. The first-order valence-corrected chi connectivity index (χ1v) is 7.17. The lowest BCUT2D eigenvalue weighted by Gasteiger charge is -2.35. The standard InChI is InChI=1S/C11H18BrF3N2O/c12-4-2-1-3-10(18)17-7-5-16(6-8-17)9-11(13,14)15/h1-9H2. The van der Waals surface area contributed by atoms with E-state index >= 15 is 0 Å². The summed E-state index contributed by atoms with van der Waals surface area (Å²) in [6.07, 6.45) is -1.89. The van der Waals surface area contributed by atoms with E-state index in [0.717, 1.165) is 18.2 Å². The van der Waals surface area contributed by atoms with Crippen LogP contribution in [0, 0.1) is 0 Å². The zero-order valence-electron chi connectivity index (χ0n) is 10.2. The third-order valence-electron chi connectivity index (χ3n) is 2.90. The fourth-order valence-corrected chi connectivity index (χ4v) is 2.33. The van der Waals surface area contributed by atoms with Gasteiger partial charge in [0.2, 0.25) is 5.91 Å². The summed E-state index contributed by atoms with van der Waals surface area (Å²) in [7, 11) is 0. The number of carbonyl (C=O) groups excluding carboxylic acids is 1. The van der Waals surface area contributed by atoms with Crippen molar-refractivity contribution in [1.82, 2.24) is 9.80 Å². The summed E-state index contributed by atoms with van der Waals surface area (Å²) in [6, 6.07) is 0. The van der Waals surface area contributed by atoms with Crippen LogP contribution in [0.25, 0.3) is 0 Å². The number of piperazine rings is 1. The number of alkyl halides is 4. The average molecular weight is 331 g/mol. The van der Waals surface area contributed by atoms with E-state index < -0.39 is 12.7 Å². The molecule has 1 amide bonds. The van der Waals surface area contributed by atoms with Gasteiger partial charge in [0.15, 0.2) is 0 Å². The van der Waals surface area contributed by atoms with Crippen LogP contribution in [0.3, 0.4) is 0 Å². The second-order valence-electron chi connectivity index (χ2n) is 4.42. The SMILES string of the molecule is O=C(CCCCBr)N1CCN(CC(F)(F)F)CC1. The van der Waals surface area contributed by atoms with Gasteiger partial charge in [0, 0.05) is 37.9 Å². The van der Waals surface area contributed by atoms with Crippen molar-refractivity contribution in [1.29, 1.82) is 0 Å². The van der Waals surface area contributed by atoms with Crippen molar-refractivity contribution in [3.63, 3.8) is 0 Å². The molecule has 18 heavy (non-hydrogen) atoms. The van der Waals surface area contributed by atoms with Crippen LogP contribution in [0.1, 0.15) is 19.3 Å². The molecule has 1 rings (SSSR count). The van der Waals surface area contributed by atoms with Crippen LogP contribution in [-0.4, -0.2) is 59.9 Å². The Labute approximate surface area is 113 Å². The normalized spacial score (nSPS) is 18.1. The van der Waals surface area contributed by atoms with Crippen molar-refractivity contribution in [2.75, 3.05) is 38.1 Å². The van der Waals surface area contributed by atoms with Gasteiger partial charge in [-0.15, -0.1) is 0 Å². The first-order chi connectivity index (χ1) is 8.42. The second kappa shape index (κ2) is 7.33. The molecule has 1 heterocycles. The van der Waals surface area contributed by atoms with Gasteiger partial charge in [-0.2, -0.15) is 13.2 Å². The van der Waals surface area contributed by atoms with Crippen molar-refractivity contribution >= 4 is 21.8 Å². The van der Waals surface area contributed by atoms with Crippen molar-refractivity contribution < 1.29 is 18.0 Å². The smallest absolute Gasteiger partial charge is 0.340 e. The van der Waals surface area contributed by atoms with Crippen LogP contribution < -0.4 is 0 Å². The number of rotatable bonds is 5. The molecular formula is C11H18BrF3N2O. The molecule has 0 bridgehead atoms. The van der Waals surface area contributed by atoms with E-state index in [2.05, 4.69) is 15.9 Å². The first-order valence-electron chi connectivity index (χ1n) is 6.05. The molecule has 0 aromatic rings. The van der Waals surface area contributed by atoms with Crippen molar-refractivity contribution in [2.24, 2.45) is 0 Å². The minimum Gasteiger partial charge on any atom is -0.340 e. The molecule has 0 saturated carbocycles. The van der Waals surface area contributed by atoms with Crippen LogP contribution in [0.4, 0.5) is 13.2 Å². The highest BCUT2D eigenvalue weighted by molar-refractivity contribution is 9.09. The Hall–Kier alpha value is -0.300. The maximum absolute atomic E-state index is 12.2. The Kier molecular flexibility index (Phi) is 6.42. The molecule has 0 N–H and O–H groups in total. The largest absolute Gasteiger partial charge is 0.401 e. The molecule has 7 heteroatoms. The summed E-state index contributed by atoms with van der Waals surface area (Å²) in [6.45, 7) is 0.554. The van der Waals surface area contributed by atoms with E-state index in [1.807, 2.05) is 0 Å². The summed E-state index contributed by atoms with van der Waals surface area (Å²) in [5.74, 6) is 0.0580. The maximum Gasteiger partial charge on any atom is 0.401 e. The molecule has 0 radical (unpaired) electrons. The monoisotopic (exact) mass is 330 g/mol. The lowest BCUT2D eigenvalue weighted by molar-refractivity contribution is -0.151. The van der Waals surface area contributed by atoms with Gasteiger partial charge < -0.3 is 4.90 Å². The summed E-state index contributed by atoms with van der Waals surface area (Å²) in [5, 5.41) is 0.875. The van der Waals surface area contributed by atoms with Crippen LogP contribution in [-0.2, 0) is 4.79 Å². The molecular weight excluding hydrogens is 313 g/mol. The summed E-state index contributed by atoms with van der Waals surface area (Å²) in [4.78, 5) is 14.8. The summed E-state index contributed by atoms with van der Waals surface area (Å²) >= 11 is 3.29. The number of amides is 1. The van der Waals surface area contributed by atoms with E-state index in [9.17, 15) is 18.0 Å². The molecule has 0 aromatic carbocycles. The van der Waals surface area contributed by atoms with Crippen LogP contribution >= 0.6 is 15.9 Å². The van der Waals surface area contributed by atoms with E-state index in [1.165, 1.54) is 4.90 Å². The Morgan fingerprint density at radius 2 is 1.72 bits per heavy atom. The average Bonchev–Trinajstić information content (AvgIpc) is 2.28. The molecule has 0 aliphatic carbocycles. The summed E-state index contributed by atoms with van der Waals surface area (Å²) < 4.78 is 36.5. The van der Waals surface area contributed by atoms with E-state index in [-0.39, 0.29) is 5.91 Å². The van der Waals surface area contributed by atoms with Crippen molar-refractivity contribution in [3.8, 4) is 0 Å². The van der Waals surface area contributed by atoms with Gasteiger partial charge in [-0.3, -0.25) is 9.69 Å². The second-order valence-corrected chi connectivity index (χ2v) is 5.21. The van der Waals surface area contributed by atoms with Gasteiger partial charge in [0.1, 0.15) is 0 Å². The highest BCUT2D eigenvalue weighted by Crippen LogP contribution is 2.17. The molecule has 3 nitrogen and oxygen atoms in total. The minimum atomic E-state index is -4.15. The lowest BCUT2D eigenvalue weighted by atomic mass is 10.2. The van der Waals surface area contributed by atoms with E-state index in [1.54, 1.807) is 4.90 Å². The molecule has 1 fully saturated rings. The van der Waals surface area contributed by atoms with Gasteiger partial charge >= 0.3 is 6.18 Å². The van der Waals surface area contributed by atoms with Gasteiger partial charge in [0.25, 0.3) is 0 Å². The number of hydrogen-bond acceptors (Lipinski definition) is 2. The Balaban J connectivity index is 2.24. The number of carbonyl (C=O) groups is 1. The summed E-state index contributed by atoms with van der Waals surface area (Å²) in [5.41, 5.74) is 0. The molecule has 1 saturated heterocycles. The highest BCUT2D eigenvalue weighted by atomic mass is 79.9. The predicted molar refractivity (Wildman–Crippen MR) is 66.7 cm³/mol. The first kappa shape index (κ1) is 15.8. The number of hydrogen-bond donors (Lipinski definition) is 0. The Morgan fingerprint density at radius 1 is 1.11 bits per heavy atom. The van der Waals surface area contributed by atoms with Crippen LogP contribution in [0.2, 0.25) is 0 Å². The maximum atomic E-state index is 12.2. The third kappa shape index (κ3) is 6.04. The fraction of sp³-hybridized carbons (Fsp3) is 0.909. The van der Waals surface area contributed by atoms with Crippen molar-refractivity contribution in [2.45, 2.75) is 25.4 Å². The molecule has 106 valence electrons.